The van der Waals surface area contributed by atoms with Crippen LogP contribution in [-0.4, -0.2) is 7.05 Å². The molecule has 1 atom stereocenters. The van der Waals surface area contributed by atoms with Crippen molar-refractivity contribution in [3.05, 3.63) is 69.7 Å². The lowest BCUT2D eigenvalue weighted by Gasteiger charge is -2.18. The Morgan fingerprint density at radius 3 is 2.25 bits per heavy atom. The van der Waals surface area contributed by atoms with Gasteiger partial charge < -0.3 is 5.32 Å². The van der Waals surface area contributed by atoms with Crippen molar-refractivity contribution in [2.24, 2.45) is 5.92 Å². The predicted octanol–water partition coefficient (Wildman–Crippen LogP) is 4.96. The van der Waals surface area contributed by atoms with Crippen LogP contribution in [0.4, 0.5) is 0 Å². The second-order valence-electron chi connectivity index (χ2n) is 5.62. The fraction of sp³-hybridized carbons (Fsp3) is 0.333. The molecule has 1 nitrogen and oxygen atoms in total. The lowest BCUT2D eigenvalue weighted by atomic mass is 9.96. The first-order chi connectivity index (χ1) is 9.60. The predicted molar refractivity (Wildman–Crippen MR) is 90.0 cm³/mol. The first-order valence-electron chi connectivity index (χ1n) is 7.11. The SMILES string of the molecule is CNC(c1ccc(CC(C)C)cc1)c1cccc(Br)c1. The molecular weight excluding hydrogens is 310 g/mol. The summed E-state index contributed by atoms with van der Waals surface area (Å²) in [5.41, 5.74) is 3.99. The minimum Gasteiger partial charge on any atom is -0.309 e. The molecule has 2 rings (SSSR count). The van der Waals surface area contributed by atoms with E-state index in [4.69, 9.17) is 0 Å². The van der Waals surface area contributed by atoms with Crippen molar-refractivity contribution in [2.45, 2.75) is 26.3 Å². The highest BCUT2D eigenvalue weighted by molar-refractivity contribution is 9.10. The summed E-state index contributed by atoms with van der Waals surface area (Å²) in [6.45, 7) is 4.51. The van der Waals surface area contributed by atoms with Gasteiger partial charge in [-0.3, -0.25) is 0 Å². The smallest absolute Gasteiger partial charge is 0.0574 e. The number of nitrogens with one attached hydrogen (secondary N) is 1. The zero-order valence-electron chi connectivity index (χ0n) is 12.4. The average Bonchev–Trinajstić information content (AvgIpc) is 2.41. The lowest BCUT2D eigenvalue weighted by molar-refractivity contribution is 0.645. The van der Waals surface area contributed by atoms with Crippen LogP contribution in [0.15, 0.2) is 53.0 Å². The third-order valence-electron chi connectivity index (χ3n) is 3.43. The van der Waals surface area contributed by atoms with Crippen LogP contribution in [0.1, 0.15) is 36.6 Å². The maximum atomic E-state index is 3.54. The number of hydrogen-bond acceptors (Lipinski definition) is 1. The molecule has 0 saturated heterocycles. The molecule has 1 N–H and O–H groups in total. The van der Waals surface area contributed by atoms with Crippen LogP contribution in [0, 0.1) is 5.92 Å². The van der Waals surface area contributed by atoms with Crippen LogP contribution >= 0.6 is 15.9 Å². The van der Waals surface area contributed by atoms with Gasteiger partial charge in [0.1, 0.15) is 0 Å². The molecule has 0 fully saturated rings. The van der Waals surface area contributed by atoms with Crippen molar-refractivity contribution < 1.29 is 0 Å². The maximum Gasteiger partial charge on any atom is 0.0574 e. The Morgan fingerprint density at radius 2 is 1.70 bits per heavy atom. The van der Waals surface area contributed by atoms with E-state index in [1.54, 1.807) is 0 Å². The van der Waals surface area contributed by atoms with Gasteiger partial charge in [-0.1, -0.05) is 66.2 Å². The van der Waals surface area contributed by atoms with Crippen molar-refractivity contribution >= 4 is 15.9 Å². The molecule has 0 aromatic heterocycles. The highest BCUT2D eigenvalue weighted by atomic mass is 79.9. The van der Waals surface area contributed by atoms with Gasteiger partial charge in [-0.2, -0.15) is 0 Å². The summed E-state index contributed by atoms with van der Waals surface area (Å²) < 4.78 is 1.12. The molecule has 106 valence electrons. The third kappa shape index (κ3) is 3.94. The molecule has 0 saturated carbocycles. The van der Waals surface area contributed by atoms with Gasteiger partial charge in [0.05, 0.1) is 6.04 Å². The second kappa shape index (κ2) is 7.05. The van der Waals surface area contributed by atoms with Gasteiger partial charge in [-0.15, -0.1) is 0 Å². The quantitative estimate of drug-likeness (QED) is 0.816. The van der Waals surface area contributed by atoms with Crippen LogP contribution in [0.2, 0.25) is 0 Å². The second-order valence-corrected chi connectivity index (χ2v) is 6.53. The van der Waals surface area contributed by atoms with Gasteiger partial charge in [0.2, 0.25) is 0 Å². The van der Waals surface area contributed by atoms with Gasteiger partial charge in [-0.25, -0.2) is 0 Å². The monoisotopic (exact) mass is 331 g/mol. The summed E-state index contributed by atoms with van der Waals surface area (Å²) in [5, 5.41) is 3.40. The fourth-order valence-corrected chi connectivity index (χ4v) is 2.95. The highest BCUT2D eigenvalue weighted by Crippen LogP contribution is 2.25. The molecular formula is C18H22BrN. The lowest BCUT2D eigenvalue weighted by Crippen LogP contribution is -2.17. The zero-order valence-corrected chi connectivity index (χ0v) is 13.9. The van der Waals surface area contributed by atoms with E-state index < -0.39 is 0 Å². The van der Waals surface area contributed by atoms with E-state index in [1.165, 1.54) is 16.7 Å². The molecule has 0 aliphatic carbocycles. The molecule has 0 radical (unpaired) electrons. The summed E-state index contributed by atoms with van der Waals surface area (Å²) in [6, 6.07) is 17.7. The zero-order chi connectivity index (χ0) is 14.5. The Bertz CT molecular complexity index is 546. The molecule has 1 unspecified atom stereocenters. The summed E-state index contributed by atoms with van der Waals surface area (Å²) in [5.74, 6) is 0.700. The van der Waals surface area contributed by atoms with Crippen molar-refractivity contribution in [2.75, 3.05) is 7.05 Å². The van der Waals surface area contributed by atoms with Gasteiger partial charge in [0.15, 0.2) is 0 Å². The average molecular weight is 332 g/mol. The van der Waals surface area contributed by atoms with E-state index >= 15 is 0 Å². The molecule has 0 amide bonds. The molecule has 2 heteroatoms. The van der Waals surface area contributed by atoms with E-state index in [9.17, 15) is 0 Å². The minimum absolute atomic E-state index is 0.237. The molecule has 20 heavy (non-hydrogen) atoms. The summed E-state index contributed by atoms with van der Waals surface area (Å²) in [7, 11) is 2.01. The molecule has 0 bridgehead atoms. The summed E-state index contributed by atoms with van der Waals surface area (Å²) in [6.07, 6.45) is 1.14. The first kappa shape index (κ1) is 15.3. The maximum absolute atomic E-state index is 3.54. The van der Waals surface area contributed by atoms with Gasteiger partial charge >= 0.3 is 0 Å². The third-order valence-corrected chi connectivity index (χ3v) is 3.92. The van der Waals surface area contributed by atoms with E-state index in [2.05, 4.69) is 83.6 Å². The van der Waals surface area contributed by atoms with Crippen LogP contribution in [-0.2, 0) is 6.42 Å². The fourth-order valence-electron chi connectivity index (χ4n) is 2.53. The summed E-state index contributed by atoms with van der Waals surface area (Å²) >= 11 is 3.54. The Labute approximate surface area is 130 Å². The normalized spacial score (nSPS) is 12.7. The van der Waals surface area contributed by atoms with E-state index in [0.29, 0.717) is 5.92 Å². The van der Waals surface area contributed by atoms with Crippen molar-refractivity contribution in [3.63, 3.8) is 0 Å². The van der Waals surface area contributed by atoms with Crippen LogP contribution in [0.5, 0.6) is 0 Å². The first-order valence-corrected chi connectivity index (χ1v) is 7.91. The Kier molecular flexibility index (Phi) is 5.38. The minimum atomic E-state index is 0.237. The topological polar surface area (TPSA) is 12.0 Å². The number of halogens is 1. The standard InChI is InChI=1S/C18H22BrN/c1-13(2)11-14-7-9-15(10-8-14)18(20-3)16-5-4-6-17(19)12-16/h4-10,12-13,18,20H,11H2,1-3H3. The number of benzene rings is 2. The van der Waals surface area contributed by atoms with Crippen LogP contribution in [0.3, 0.4) is 0 Å². The molecule has 2 aromatic rings. The van der Waals surface area contributed by atoms with E-state index in [0.717, 1.165) is 10.9 Å². The molecule has 0 heterocycles. The van der Waals surface area contributed by atoms with Crippen molar-refractivity contribution in [1.82, 2.24) is 5.32 Å². The molecule has 0 spiro atoms. The largest absolute Gasteiger partial charge is 0.309 e. The van der Waals surface area contributed by atoms with Gasteiger partial charge in [0, 0.05) is 4.47 Å². The van der Waals surface area contributed by atoms with E-state index in [-0.39, 0.29) is 6.04 Å². The van der Waals surface area contributed by atoms with Gasteiger partial charge in [-0.05, 0) is 48.2 Å². The molecule has 0 aliphatic heterocycles. The van der Waals surface area contributed by atoms with Crippen LogP contribution in [0.25, 0.3) is 0 Å². The van der Waals surface area contributed by atoms with Gasteiger partial charge in [0.25, 0.3) is 0 Å². The Balaban J connectivity index is 2.23. The highest BCUT2D eigenvalue weighted by Gasteiger charge is 2.12. The number of rotatable bonds is 5. The Hall–Kier alpha value is -1.12. The van der Waals surface area contributed by atoms with Crippen molar-refractivity contribution in [1.29, 1.82) is 0 Å². The van der Waals surface area contributed by atoms with Crippen LogP contribution < -0.4 is 5.32 Å². The molecule has 0 aliphatic rings. The van der Waals surface area contributed by atoms with Crippen molar-refractivity contribution in [3.8, 4) is 0 Å². The van der Waals surface area contributed by atoms with E-state index in [1.807, 2.05) is 7.05 Å². The Morgan fingerprint density at radius 1 is 1.00 bits per heavy atom. The number of hydrogen-bond donors (Lipinski definition) is 1. The molecule has 2 aromatic carbocycles. The summed E-state index contributed by atoms with van der Waals surface area (Å²) in [4.78, 5) is 0.